The lowest BCUT2D eigenvalue weighted by Crippen LogP contribution is -2.33. The summed E-state index contributed by atoms with van der Waals surface area (Å²) in [6.45, 7) is 11.3. The molecule has 15 heavy (non-hydrogen) atoms. The molecule has 1 fully saturated rings. The lowest BCUT2D eigenvalue weighted by Gasteiger charge is -2.37. The van der Waals surface area contributed by atoms with E-state index >= 15 is 0 Å². The van der Waals surface area contributed by atoms with Gasteiger partial charge < -0.3 is 10.1 Å². The number of nitrogens with one attached hydrogen (secondary N) is 1. The van der Waals surface area contributed by atoms with Gasteiger partial charge in [0.15, 0.2) is 0 Å². The Morgan fingerprint density at radius 3 is 2.47 bits per heavy atom. The smallest absolute Gasteiger partial charge is 0.0468 e. The fourth-order valence-corrected chi connectivity index (χ4v) is 2.40. The zero-order chi connectivity index (χ0) is 11.1. The molecule has 0 radical (unpaired) electrons. The summed E-state index contributed by atoms with van der Waals surface area (Å²) in [6.07, 6.45) is 5.02. The molecule has 0 aliphatic carbocycles. The lowest BCUT2D eigenvalue weighted by molar-refractivity contribution is 0.0199. The molecule has 0 unspecified atom stereocenters. The Morgan fingerprint density at radius 2 is 1.87 bits per heavy atom. The van der Waals surface area contributed by atoms with Crippen molar-refractivity contribution in [2.45, 2.75) is 46.5 Å². The molecule has 0 atom stereocenters. The van der Waals surface area contributed by atoms with Crippen LogP contribution >= 0.6 is 0 Å². The van der Waals surface area contributed by atoms with Gasteiger partial charge in [0.1, 0.15) is 0 Å². The number of rotatable bonds is 6. The van der Waals surface area contributed by atoms with E-state index in [4.69, 9.17) is 4.74 Å². The third-order valence-corrected chi connectivity index (χ3v) is 3.70. The molecular formula is C13H27NO. The van der Waals surface area contributed by atoms with Gasteiger partial charge >= 0.3 is 0 Å². The monoisotopic (exact) mass is 213 g/mol. The summed E-state index contributed by atoms with van der Waals surface area (Å²) in [5, 5.41) is 3.50. The van der Waals surface area contributed by atoms with Crippen molar-refractivity contribution < 1.29 is 4.74 Å². The van der Waals surface area contributed by atoms with Gasteiger partial charge in [-0.05, 0) is 50.1 Å². The van der Waals surface area contributed by atoms with Crippen LogP contribution < -0.4 is 5.32 Å². The molecule has 2 heteroatoms. The highest BCUT2D eigenvalue weighted by atomic mass is 16.5. The summed E-state index contributed by atoms with van der Waals surface area (Å²) in [7, 11) is 0. The highest BCUT2D eigenvalue weighted by molar-refractivity contribution is 4.80. The first-order chi connectivity index (χ1) is 7.17. The summed E-state index contributed by atoms with van der Waals surface area (Å²) in [5.74, 6) is 0.856. The molecule has 1 saturated heterocycles. The second-order valence-electron chi connectivity index (χ2n) is 5.38. The maximum Gasteiger partial charge on any atom is 0.0468 e. The second-order valence-corrected chi connectivity index (χ2v) is 5.38. The van der Waals surface area contributed by atoms with Crippen LogP contribution in [0, 0.1) is 11.3 Å². The molecule has 90 valence electrons. The summed E-state index contributed by atoms with van der Waals surface area (Å²) < 4.78 is 5.42. The zero-order valence-electron chi connectivity index (χ0n) is 10.6. The molecule has 1 N–H and O–H groups in total. The van der Waals surface area contributed by atoms with Crippen molar-refractivity contribution in [1.29, 1.82) is 0 Å². The van der Waals surface area contributed by atoms with Crippen LogP contribution in [-0.4, -0.2) is 26.3 Å². The van der Waals surface area contributed by atoms with Crippen LogP contribution in [0.25, 0.3) is 0 Å². The number of hydrogen-bond acceptors (Lipinski definition) is 2. The molecular weight excluding hydrogens is 186 g/mol. The van der Waals surface area contributed by atoms with E-state index < -0.39 is 0 Å². The van der Waals surface area contributed by atoms with Crippen LogP contribution in [0.1, 0.15) is 46.5 Å². The maximum absolute atomic E-state index is 5.42. The fraction of sp³-hybridized carbons (Fsp3) is 1.00. The summed E-state index contributed by atoms with van der Waals surface area (Å²) in [6, 6.07) is 0. The second kappa shape index (κ2) is 6.49. The Morgan fingerprint density at radius 1 is 1.20 bits per heavy atom. The number of ether oxygens (including phenoxy) is 1. The van der Waals surface area contributed by atoms with Gasteiger partial charge in [0.2, 0.25) is 0 Å². The molecule has 0 amide bonds. The predicted molar refractivity (Wildman–Crippen MR) is 65.1 cm³/mol. The zero-order valence-corrected chi connectivity index (χ0v) is 10.6. The minimum atomic E-state index is 0.477. The van der Waals surface area contributed by atoms with Crippen LogP contribution in [0.4, 0.5) is 0 Å². The van der Waals surface area contributed by atoms with Crippen molar-refractivity contribution in [3.63, 3.8) is 0 Å². The van der Waals surface area contributed by atoms with Crippen molar-refractivity contribution in [3.8, 4) is 0 Å². The van der Waals surface area contributed by atoms with E-state index in [1.54, 1.807) is 0 Å². The summed E-state index contributed by atoms with van der Waals surface area (Å²) in [4.78, 5) is 0. The summed E-state index contributed by atoms with van der Waals surface area (Å²) in [5.41, 5.74) is 0.477. The van der Waals surface area contributed by atoms with Gasteiger partial charge in [0.25, 0.3) is 0 Å². The average molecular weight is 213 g/mol. The van der Waals surface area contributed by atoms with Gasteiger partial charge in [-0.25, -0.2) is 0 Å². The Balaban J connectivity index is 2.23. The van der Waals surface area contributed by atoms with Crippen molar-refractivity contribution in [2.75, 3.05) is 26.3 Å². The van der Waals surface area contributed by atoms with Crippen molar-refractivity contribution in [1.82, 2.24) is 5.32 Å². The SMILES string of the molecule is CCCNCCC(C)(C)C1CCOCC1. The van der Waals surface area contributed by atoms with Gasteiger partial charge in [-0.2, -0.15) is 0 Å². The Kier molecular flexibility index (Phi) is 5.62. The first-order valence-corrected chi connectivity index (χ1v) is 6.45. The minimum Gasteiger partial charge on any atom is -0.381 e. The number of hydrogen-bond donors (Lipinski definition) is 1. The minimum absolute atomic E-state index is 0.477. The molecule has 1 aliphatic rings. The largest absolute Gasteiger partial charge is 0.381 e. The molecule has 2 nitrogen and oxygen atoms in total. The first kappa shape index (κ1) is 13.0. The molecule has 0 bridgehead atoms. The van der Waals surface area contributed by atoms with Crippen LogP contribution in [0.5, 0.6) is 0 Å². The standard InChI is InChI=1S/C13H27NO/c1-4-8-14-9-7-13(2,3)12-5-10-15-11-6-12/h12,14H,4-11H2,1-3H3. The lowest BCUT2D eigenvalue weighted by atomic mass is 9.72. The van der Waals surface area contributed by atoms with E-state index in [0.717, 1.165) is 32.2 Å². The molecule has 0 aromatic heterocycles. The van der Waals surface area contributed by atoms with Crippen molar-refractivity contribution in [3.05, 3.63) is 0 Å². The van der Waals surface area contributed by atoms with E-state index in [-0.39, 0.29) is 0 Å². The van der Waals surface area contributed by atoms with Crippen LogP contribution in [0.3, 0.4) is 0 Å². The Hall–Kier alpha value is -0.0800. The van der Waals surface area contributed by atoms with Gasteiger partial charge in [-0.15, -0.1) is 0 Å². The maximum atomic E-state index is 5.42. The molecule has 0 aromatic carbocycles. The van der Waals surface area contributed by atoms with Gasteiger partial charge in [-0.1, -0.05) is 20.8 Å². The highest BCUT2D eigenvalue weighted by Crippen LogP contribution is 2.36. The molecule has 1 aliphatic heterocycles. The van der Waals surface area contributed by atoms with Crippen LogP contribution in [0.15, 0.2) is 0 Å². The fourth-order valence-electron chi connectivity index (χ4n) is 2.40. The van der Waals surface area contributed by atoms with E-state index in [9.17, 15) is 0 Å². The molecule has 0 spiro atoms. The molecule has 0 saturated carbocycles. The predicted octanol–water partition coefficient (Wildman–Crippen LogP) is 2.83. The van der Waals surface area contributed by atoms with E-state index in [0.29, 0.717) is 5.41 Å². The van der Waals surface area contributed by atoms with E-state index in [2.05, 4.69) is 26.1 Å². The third kappa shape index (κ3) is 4.52. The van der Waals surface area contributed by atoms with Crippen molar-refractivity contribution >= 4 is 0 Å². The normalized spacial score (nSPS) is 19.4. The average Bonchev–Trinajstić information content (AvgIpc) is 2.26. The third-order valence-electron chi connectivity index (χ3n) is 3.70. The van der Waals surface area contributed by atoms with Crippen LogP contribution in [-0.2, 0) is 4.74 Å². The molecule has 1 rings (SSSR count). The van der Waals surface area contributed by atoms with E-state index in [1.165, 1.54) is 25.7 Å². The Labute approximate surface area is 94.8 Å². The van der Waals surface area contributed by atoms with Crippen LogP contribution in [0.2, 0.25) is 0 Å². The molecule has 0 aromatic rings. The van der Waals surface area contributed by atoms with Gasteiger partial charge in [-0.3, -0.25) is 0 Å². The molecule has 1 heterocycles. The topological polar surface area (TPSA) is 21.3 Å². The van der Waals surface area contributed by atoms with E-state index in [1.807, 2.05) is 0 Å². The first-order valence-electron chi connectivity index (χ1n) is 6.45. The summed E-state index contributed by atoms with van der Waals surface area (Å²) >= 11 is 0. The van der Waals surface area contributed by atoms with Gasteiger partial charge in [0.05, 0.1) is 0 Å². The van der Waals surface area contributed by atoms with Crippen molar-refractivity contribution in [2.24, 2.45) is 11.3 Å². The van der Waals surface area contributed by atoms with Gasteiger partial charge in [0, 0.05) is 13.2 Å². The highest BCUT2D eigenvalue weighted by Gasteiger charge is 2.30. The Bertz CT molecular complexity index is 162. The quantitative estimate of drug-likeness (QED) is 0.685.